The first kappa shape index (κ1) is 14.7. The highest BCUT2D eigenvalue weighted by molar-refractivity contribution is 6.30. The van der Waals surface area contributed by atoms with Crippen LogP contribution in [0.2, 0.25) is 5.02 Å². The topological polar surface area (TPSA) is 54.4 Å². The molecule has 3 nitrogen and oxygen atoms in total. The monoisotopic (exact) mass is 268 g/mol. The van der Waals surface area contributed by atoms with Crippen LogP contribution in [0.1, 0.15) is 43.0 Å². The molecule has 0 aliphatic rings. The van der Waals surface area contributed by atoms with Crippen LogP contribution >= 0.6 is 11.6 Å². The minimum absolute atomic E-state index is 0.0525. The average Bonchev–Trinajstić information content (AvgIpc) is 2.34. The molecule has 1 rings (SSSR count). The molecule has 0 fully saturated rings. The first-order valence-corrected chi connectivity index (χ1v) is 6.44. The summed E-state index contributed by atoms with van der Waals surface area (Å²) in [6, 6.07) is 6.53. The summed E-state index contributed by atoms with van der Waals surface area (Å²) in [6.07, 6.45) is 2.35. The Kier molecular flexibility index (Phi) is 5.86. The van der Waals surface area contributed by atoms with E-state index in [1.165, 1.54) is 0 Å². The average molecular weight is 269 g/mol. The first-order chi connectivity index (χ1) is 8.54. The van der Waals surface area contributed by atoms with Crippen molar-refractivity contribution in [1.29, 1.82) is 0 Å². The lowest BCUT2D eigenvalue weighted by Crippen LogP contribution is -2.18. The maximum Gasteiger partial charge on any atom is 0.306 e. The van der Waals surface area contributed by atoms with Crippen LogP contribution in [0.5, 0.6) is 0 Å². The molecule has 0 saturated carbocycles. The maximum absolute atomic E-state index is 11.9. The van der Waals surface area contributed by atoms with Crippen molar-refractivity contribution in [3.05, 3.63) is 34.9 Å². The third-order valence-electron chi connectivity index (χ3n) is 2.85. The second-order valence-electron chi connectivity index (χ2n) is 4.31. The SMILES string of the molecule is CCCCC(CC(=O)c1ccc(Cl)cc1)C(=O)O. The molecule has 1 atom stereocenters. The molecular weight excluding hydrogens is 252 g/mol. The van der Waals surface area contributed by atoms with Gasteiger partial charge in [-0.2, -0.15) is 0 Å². The third kappa shape index (κ3) is 4.49. The second-order valence-corrected chi connectivity index (χ2v) is 4.75. The lowest BCUT2D eigenvalue weighted by molar-refractivity contribution is -0.141. The van der Waals surface area contributed by atoms with Crippen molar-refractivity contribution in [2.75, 3.05) is 0 Å². The number of unbranched alkanes of at least 4 members (excludes halogenated alkanes) is 1. The summed E-state index contributed by atoms with van der Waals surface area (Å²) in [5, 5.41) is 9.63. The number of hydrogen-bond donors (Lipinski definition) is 1. The van der Waals surface area contributed by atoms with Crippen molar-refractivity contribution in [3.8, 4) is 0 Å². The van der Waals surface area contributed by atoms with E-state index in [0.29, 0.717) is 17.0 Å². The number of halogens is 1. The van der Waals surface area contributed by atoms with Crippen LogP contribution in [-0.4, -0.2) is 16.9 Å². The van der Waals surface area contributed by atoms with Crippen molar-refractivity contribution in [1.82, 2.24) is 0 Å². The van der Waals surface area contributed by atoms with Crippen molar-refractivity contribution in [3.63, 3.8) is 0 Å². The Morgan fingerprint density at radius 1 is 1.28 bits per heavy atom. The van der Waals surface area contributed by atoms with Gasteiger partial charge in [0.05, 0.1) is 5.92 Å². The standard InChI is InChI=1S/C14H17ClO3/c1-2-3-4-11(14(17)18)9-13(16)10-5-7-12(15)8-6-10/h5-8,11H,2-4,9H2,1H3,(H,17,18). The van der Waals surface area contributed by atoms with Gasteiger partial charge in [-0.3, -0.25) is 9.59 Å². The Balaban J connectivity index is 2.66. The van der Waals surface area contributed by atoms with E-state index in [0.717, 1.165) is 12.8 Å². The van der Waals surface area contributed by atoms with Crippen LogP contribution < -0.4 is 0 Å². The summed E-state index contributed by atoms with van der Waals surface area (Å²) in [5.41, 5.74) is 0.516. The number of hydrogen-bond acceptors (Lipinski definition) is 2. The molecule has 18 heavy (non-hydrogen) atoms. The number of rotatable bonds is 7. The summed E-state index contributed by atoms with van der Waals surface area (Å²) in [6.45, 7) is 2.00. The largest absolute Gasteiger partial charge is 0.481 e. The van der Waals surface area contributed by atoms with Crippen LogP contribution in [0.15, 0.2) is 24.3 Å². The molecular formula is C14H17ClO3. The Morgan fingerprint density at radius 2 is 1.89 bits per heavy atom. The predicted octanol–water partition coefficient (Wildman–Crippen LogP) is 3.80. The third-order valence-corrected chi connectivity index (χ3v) is 3.11. The van der Waals surface area contributed by atoms with E-state index in [2.05, 4.69) is 0 Å². The van der Waals surface area contributed by atoms with Crippen LogP contribution in [0, 0.1) is 5.92 Å². The Hall–Kier alpha value is -1.35. The van der Waals surface area contributed by atoms with Crippen molar-refractivity contribution in [2.24, 2.45) is 5.92 Å². The maximum atomic E-state index is 11.9. The molecule has 0 saturated heterocycles. The highest BCUT2D eigenvalue weighted by atomic mass is 35.5. The zero-order valence-electron chi connectivity index (χ0n) is 10.4. The quantitative estimate of drug-likeness (QED) is 0.765. The molecule has 1 aromatic carbocycles. The first-order valence-electron chi connectivity index (χ1n) is 6.06. The molecule has 1 N–H and O–H groups in total. The normalized spacial score (nSPS) is 12.1. The van der Waals surface area contributed by atoms with Crippen LogP contribution in [0.3, 0.4) is 0 Å². The molecule has 98 valence electrons. The summed E-state index contributed by atoms with van der Waals surface area (Å²) in [7, 11) is 0. The number of carboxylic acid groups (broad SMARTS) is 1. The molecule has 0 amide bonds. The van der Waals surface area contributed by atoms with Crippen molar-refractivity contribution < 1.29 is 14.7 Å². The predicted molar refractivity (Wildman–Crippen MR) is 71.1 cm³/mol. The van der Waals surface area contributed by atoms with Gasteiger partial charge in [0.15, 0.2) is 5.78 Å². The second kappa shape index (κ2) is 7.17. The van der Waals surface area contributed by atoms with Gasteiger partial charge < -0.3 is 5.11 Å². The number of ketones is 1. The van der Waals surface area contributed by atoms with Gasteiger partial charge in [0.2, 0.25) is 0 Å². The number of carboxylic acids is 1. The minimum atomic E-state index is -0.897. The van der Waals surface area contributed by atoms with Gasteiger partial charge in [0.1, 0.15) is 0 Å². The Morgan fingerprint density at radius 3 is 2.39 bits per heavy atom. The molecule has 1 aromatic rings. The van der Waals surface area contributed by atoms with E-state index < -0.39 is 11.9 Å². The van der Waals surface area contributed by atoms with Crippen molar-refractivity contribution in [2.45, 2.75) is 32.6 Å². The molecule has 0 bridgehead atoms. The smallest absolute Gasteiger partial charge is 0.306 e. The molecule has 0 aliphatic heterocycles. The molecule has 1 unspecified atom stereocenters. The molecule has 0 aromatic heterocycles. The fraction of sp³-hybridized carbons (Fsp3) is 0.429. The van der Waals surface area contributed by atoms with Gasteiger partial charge in [-0.1, -0.05) is 31.4 Å². The fourth-order valence-corrected chi connectivity index (χ4v) is 1.87. The van der Waals surface area contributed by atoms with Crippen LogP contribution in [0.4, 0.5) is 0 Å². The summed E-state index contributed by atoms with van der Waals surface area (Å²) >= 11 is 5.74. The summed E-state index contributed by atoms with van der Waals surface area (Å²) in [4.78, 5) is 23.0. The number of benzene rings is 1. The summed E-state index contributed by atoms with van der Waals surface area (Å²) in [5.74, 6) is -1.63. The molecule has 0 spiro atoms. The molecule has 4 heteroatoms. The highest BCUT2D eigenvalue weighted by Gasteiger charge is 2.21. The minimum Gasteiger partial charge on any atom is -0.481 e. The zero-order valence-corrected chi connectivity index (χ0v) is 11.1. The van der Waals surface area contributed by atoms with Gasteiger partial charge in [-0.05, 0) is 30.7 Å². The zero-order chi connectivity index (χ0) is 13.5. The van der Waals surface area contributed by atoms with Gasteiger partial charge in [-0.25, -0.2) is 0 Å². The highest BCUT2D eigenvalue weighted by Crippen LogP contribution is 2.18. The number of aliphatic carboxylic acids is 1. The Labute approximate surface area is 112 Å². The van der Waals surface area contributed by atoms with E-state index in [4.69, 9.17) is 16.7 Å². The lowest BCUT2D eigenvalue weighted by Gasteiger charge is -2.10. The van der Waals surface area contributed by atoms with Gasteiger partial charge in [0, 0.05) is 17.0 Å². The van der Waals surface area contributed by atoms with E-state index >= 15 is 0 Å². The van der Waals surface area contributed by atoms with Gasteiger partial charge in [-0.15, -0.1) is 0 Å². The fourth-order valence-electron chi connectivity index (χ4n) is 1.74. The van der Waals surface area contributed by atoms with Crippen LogP contribution in [0.25, 0.3) is 0 Å². The van der Waals surface area contributed by atoms with E-state index in [1.54, 1.807) is 24.3 Å². The lowest BCUT2D eigenvalue weighted by atomic mass is 9.94. The molecule has 0 radical (unpaired) electrons. The molecule has 0 heterocycles. The summed E-state index contributed by atoms with van der Waals surface area (Å²) < 4.78 is 0. The Bertz CT molecular complexity index is 412. The van der Waals surface area contributed by atoms with E-state index in [-0.39, 0.29) is 12.2 Å². The number of carbonyl (C=O) groups is 2. The molecule has 0 aliphatic carbocycles. The van der Waals surface area contributed by atoms with Crippen molar-refractivity contribution >= 4 is 23.4 Å². The van der Waals surface area contributed by atoms with E-state index in [1.807, 2.05) is 6.92 Å². The van der Waals surface area contributed by atoms with Crippen LogP contribution in [-0.2, 0) is 4.79 Å². The van der Waals surface area contributed by atoms with E-state index in [9.17, 15) is 9.59 Å². The van der Waals surface area contributed by atoms with Gasteiger partial charge in [0.25, 0.3) is 0 Å². The number of carbonyl (C=O) groups excluding carboxylic acids is 1. The number of Topliss-reactive ketones (excluding diaryl/α,β-unsaturated/α-hetero) is 1. The van der Waals surface area contributed by atoms with Gasteiger partial charge >= 0.3 is 5.97 Å².